The SMILES string of the molecule is Cc1nn(-c2ccccc2)c(C)c1CN1CCC[C@@H](n2ncc(N3CCC3)cc2=O)C1. The molecule has 162 valence electrons. The van der Waals surface area contributed by atoms with Crippen molar-refractivity contribution < 1.29 is 0 Å². The third-order valence-corrected chi connectivity index (χ3v) is 6.68. The Morgan fingerprint density at radius 3 is 2.55 bits per heavy atom. The maximum absolute atomic E-state index is 12.8. The smallest absolute Gasteiger partial charge is 0.269 e. The first kappa shape index (κ1) is 20.0. The summed E-state index contributed by atoms with van der Waals surface area (Å²) in [5, 5.41) is 9.34. The number of piperidine rings is 1. The predicted octanol–water partition coefficient (Wildman–Crippen LogP) is 3.09. The molecular formula is C24H30N6O. The second-order valence-corrected chi connectivity index (χ2v) is 8.77. The number of rotatable bonds is 5. The van der Waals surface area contributed by atoms with E-state index in [2.05, 4.69) is 40.9 Å². The molecule has 7 heteroatoms. The fraction of sp³-hybridized carbons (Fsp3) is 0.458. The lowest BCUT2D eigenvalue weighted by Crippen LogP contribution is -2.42. The number of likely N-dealkylation sites (tertiary alicyclic amines) is 1. The summed E-state index contributed by atoms with van der Waals surface area (Å²) < 4.78 is 3.73. The van der Waals surface area contributed by atoms with Gasteiger partial charge >= 0.3 is 0 Å². The molecule has 0 aliphatic carbocycles. The van der Waals surface area contributed by atoms with Crippen LogP contribution in [0.2, 0.25) is 0 Å². The third-order valence-electron chi connectivity index (χ3n) is 6.68. The second kappa shape index (κ2) is 8.30. The Labute approximate surface area is 182 Å². The van der Waals surface area contributed by atoms with Gasteiger partial charge < -0.3 is 4.90 Å². The predicted molar refractivity (Wildman–Crippen MR) is 122 cm³/mol. The molecule has 1 aromatic carbocycles. The second-order valence-electron chi connectivity index (χ2n) is 8.77. The Morgan fingerprint density at radius 1 is 1.03 bits per heavy atom. The molecule has 1 atom stereocenters. The Kier molecular flexibility index (Phi) is 5.36. The Bertz CT molecular complexity index is 1110. The van der Waals surface area contributed by atoms with Crippen molar-refractivity contribution in [2.24, 2.45) is 0 Å². The first-order valence-electron chi connectivity index (χ1n) is 11.3. The molecule has 0 radical (unpaired) electrons. The highest BCUT2D eigenvalue weighted by atomic mass is 16.1. The van der Waals surface area contributed by atoms with Gasteiger partial charge in [-0.15, -0.1) is 0 Å². The molecule has 0 unspecified atom stereocenters. The normalized spacial score (nSPS) is 19.4. The summed E-state index contributed by atoms with van der Waals surface area (Å²) in [6, 6.07) is 12.2. The van der Waals surface area contributed by atoms with Gasteiger partial charge in [0.25, 0.3) is 5.56 Å². The van der Waals surface area contributed by atoms with E-state index in [-0.39, 0.29) is 11.6 Å². The summed E-state index contributed by atoms with van der Waals surface area (Å²) in [7, 11) is 0. The number of hydrogen-bond acceptors (Lipinski definition) is 5. The standard InChI is InChI=1S/C24H30N6O/c1-18-23(19(2)29(26-18)20-8-4-3-5-9-20)17-27-11-6-10-21(16-27)30-24(31)14-22(15-25-30)28-12-7-13-28/h3-5,8-9,14-15,21H,6-7,10-13,16-17H2,1-2H3/t21-/m1/s1. The molecule has 0 saturated carbocycles. The van der Waals surface area contributed by atoms with Crippen LogP contribution in [-0.2, 0) is 6.54 Å². The van der Waals surface area contributed by atoms with Gasteiger partial charge in [0.05, 0.1) is 29.3 Å². The summed E-state index contributed by atoms with van der Waals surface area (Å²) in [5.74, 6) is 0. The molecule has 0 spiro atoms. The molecule has 0 bridgehead atoms. The molecule has 5 rings (SSSR count). The highest BCUT2D eigenvalue weighted by molar-refractivity contribution is 5.45. The van der Waals surface area contributed by atoms with Crippen LogP contribution in [0, 0.1) is 13.8 Å². The zero-order valence-electron chi connectivity index (χ0n) is 18.4. The molecule has 4 heterocycles. The van der Waals surface area contributed by atoms with Crippen LogP contribution in [-0.4, -0.2) is 50.6 Å². The van der Waals surface area contributed by atoms with Crippen molar-refractivity contribution >= 4 is 5.69 Å². The van der Waals surface area contributed by atoms with E-state index in [0.717, 1.165) is 62.6 Å². The zero-order chi connectivity index (χ0) is 21.4. The maximum atomic E-state index is 12.8. The van der Waals surface area contributed by atoms with Crippen LogP contribution in [0.3, 0.4) is 0 Å². The van der Waals surface area contributed by atoms with Crippen molar-refractivity contribution in [1.29, 1.82) is 0 Å². The number of aryl methyl sites for hydroxylation is 1. The van der Waals surface area contributed by atoms with Crippen LogP contribution in [0.4, 0.5) is 5.69 Å². The monoisotopic (exact) mass is 418 g/mol. The molecule has 2 fully saturated rings. The van der Waals surface area contributed by atoms with Crippen LogP contribution >= 0.6 is 0 Å². The molecular weight excluding hydrogens is 388 g/mol. The minimum atomic E-state index is 0.0144. The van der Waals surface area contributed by atoms with Gasteiger partial charge in [0.2, 0.25) is 0 Å². The highest BCUT2D eigenvalue weighted by Crippen LogP contribution is 2.25. The third kappa shape index (κ3) is 3.90. The van der Waals surface area contributed by atoms with Crippen LogP contribution in [0.5, 0.6) is 0 Å². The Hall–Kier alpha value is -2.93. The molecule has 2 aliphatic rings. The molecule has 0 N–H and O–H groups in total. The van der Waals surface area contributed by atoms with Gasteiger partial charge in [0, 0.05) is 43.5 Å². The summed E-state index contributed by atoms with van der Waals surface area (Å²) in [4.78, 5) is 17.4. The van der Waals surface area contributed by atoms with Crippen LogP contribution in [0.25, 0.3) is 5.69 Å². The highest BCUT2D eigenvalue weighted by Gasteiger charge is 2.25. The van der Waals surface area contributed by atoms with E-state index in [1.165, 1.54) is 17.7 Å². The minimum absolute atomic E-state index is 0.0144. The molecule has 7 nitrogen and oxygen atoms in total. The molecule has 31 heavy (non-hydrogen) atoms. The van der Waals surface area contributed by atoms with Gasteiger partial charge in [-0.2, -0.15) is 10.2 Å². The number of nitrogens with zero attached hydrogens (tertiary/aromatic N) is 6. The average Bonchev–Trinajstić information content (AvgIpc) is 3.02. The van der Waals surface area contributed by atoms with Gasteiger partial charge in [-0.25, -0.2) is 9.36 Å². The lowest BCUT2D eigenvalue weighted by molar-refractivity contribution is 0.159. The van der Waals surface area contributed by atoms with Gasteiger partial charge in [-0.1, -0.05) is 18.2 Å². The Balaban J connectivity index is 1.33. The lowest BCUT2D eigenvalue weighted by atomic mass is 10.0. The molecule has 2 aliphatic heterocycles. The van der Waals surface area contributed by atoms with Crippen molar-refractivity contribution in [1.82, 2.24) is 24.5 Å². The van der Waals surface area contributed by atoms with Gasteiger partial charge in [0.1, 0.15) is 0 Å². The van der Waals surface area contributed by atoms with E-state index >= 15 is 0 Å². The van der Waals surface area contributed by atoms with E-state index in [1.54, 1.807) is 10.7 Å². The summed E-state index contributed by atoms with van der Waals surface area (Å²) in [6.07, 6.45) is 5.11. The number of aromatic nitrogens is 4. The van der Waals surface area contributed by atoms with E-state index in [4.69, 9.17) is 5.10 Å². The van der Waals surface area contributed by atoms with Crippen molar-refractivity contribution in [2.45, 2.75) is 45.7 Å². The zero-order valence-corrected chi connectivity index (χ0v) is 18.4. The molecule has 2 saturated heterocycles. The van der Waals surface area contributed by atoms with Crippen molar-refractivity contribution in [3.8, 4) is 5.69 Å². The van der Waals surface area contributed by atoms with Gasteiger partial charge in [-0.3, -0.25) is 9.69 Å². The quantitative estimate of drug-likeness (QED) is 0.637. The molecule has 2 aromatic heterocycles. The number of anilines is 1. The van der Waals surface area contributed by atoms with E-state index in [1.807, 2.05) is 29.1 Å². The average molecular weight is 419 g/mol. The topological polar surface area (TPSA) is 59.2 Å². The van der Waals surface area contributed by atoms with Crippen molar-refractivity contribution in [3.63, 3.8) is 0 Å². The van der Waals surface area contributed by atoms with E-state index in [0.29, 0.717) is 0 Å². The number of hydrogen-bond donors (Lipinski definition) is 0. The lowest BCUT2D eigenvalue weighted by Gasteiger charge is -2.34. The Morgan fingerprint density at radius 2 is 1.84 bits per heavy atom. The summed E-state index contributed by atoms with van der Waals surface area (Å²) in [5.41, 5.74) is 5.58. The first-order chi connectivity index (χ1) is 15.1. The fourth-order valence-electron chi connectivity index (χ4n) is 4.75. The summed E-state index contributed by atoms with van der Waals surface area (Å²) in [6.45, 7) is 9.00. The minimum Gasteiger partial charge on any atom is -0.370 e. The number of benzene rings is 1. The first-order valence-corrected chi connectivity index (χ1v) is 11.3. The maximum Gasteiger partial charge on any atom is 0.269 e. The fourth-order valence-corrected chi connectivity index (χ4v) is 4.75. The summed E-state index contributed by atoms with van der Waals surface area (Å²) >= 11 is 0. The van der Waals surface area contributed by atoms with E-state index < -0.39 is 0 Å². The van der Waals surface area contributed by atoms with Crippen LogP contribution < -0.4 is 10.5 Å². The van der Waals surface area contributed by atoms with Gasteiger partial charge in [-0.05, 0) is 51.8 Å². The van der Waals surface area contributed by atoms with Gasteiger partial charge in [0.15, 0.2) is 0 Å². The number of para-hydroxylation sites is 1. The van der Waals surface area contributed by atoms with Crippen molar-refractivity contribution in [2.75, 3.05) is 31.1 Å². The largest absolute Gasteiger partial charge is 0.370 e. The molecule has 0 amide bonds. The molecule has 3 aromatic rings. The van der Waals surface area contributed by atoms with Crippen LogP contribution in [0.1, 0.15) is 42.3 Å². The van der Waals surface area contributed by atoms with E-state index in [9.17, 15) is 4.79 Å². The van der Waals surface area contributed by atoms with Crippen LogP contribution in [0.15, 0.2) is 47.4 Å². The van der Waals surface area contributed by atoms with Crippen molar-refractivity contribution in [3.05, 3.63) is 69.9 Å².